The van der Waals surface area contributed by atoms with Crippen LogP contribution in [0, 0.1) is 5.92 Å². The molecule has 25 heavy (non-hydrogen) atoms. The number of carbonyl (C=O) groups excluding carboxylic acids is 1. The van der Waals surface area contributed by atoms with Gasteiger partial charge in [-0.05, 0) is 5.92 Å². The van der Waals surface area contributed by atoms with Crippen molar-refractivity contribution in [2.45, 2.75) is 26.4 Å². The number of carbonyl (C=O) groups is 1. The molecule has 0 saturated heterocycles. The van der Waals surface area contributed by atoms with Crippen LogP contribution in [0.3, 0.4) is 0 Å². The van der Waals surface area contributed by atoms with Crippen LogP contribution >= 0.6 is 0 Å². The number of rotatable bonds is 3. The van der Waals surface area contributed by atoms with Crippen molar-refractivity contribution >= 4 is 5.91 Å². The van der Waals surface area contributed by atoms with Crippen LogP contribution < -0.4 is 0 Å². The molecule has 1 amide bonds. The summed E-state index contributed by atoms with van der Waals surface area (Å²) in [6.45, 7) is 5.41. The van der Waals surface area contributed by atoms with Gasteiger partial charge in [-0.1, -0.05) is 44.2 Å². The molecule has 4 rings (SSSR count). The number of amides is 1. The van der Waals surface area contributed by atoms with E-state index >= 15 is 0 Å². The second-order valence-corrected chi connectivity index (χ2v) is 6.51. The van der Waals surface area contributed by atoms with Gasteiger partial charge < -0.3 is 9.88 Å². The van der Waals surface area contributed by atoms with E-state index in [0.29, 0.717) is 24.7 Å². The fourth-order valence-corrected chi connectivity index (χ4v) is 3.33. The molecule has 2 aromatic heterocycles. The monoisotopic (exact) mass is 336 g/mol. The average molecular weight is 336 g/mol. The topological polar surface area (TPSA) is 79.7 Å². The number of hydrogen-bond donors (Lipinski definition) is 1. The smallest absolute Gasteiger partial charge is 0.290 e. The van der Waals surface area contributed by atoms with Gasteiger partial charge in [0.1, 0.15) is 0 Å². The lowest BCUT2D eigenvalue weighted by Crippen LogP contribution is -2.45. The number of benzene rings is 1. The van der Waals surface area contributed by atoms with Gasteiger partial charge in [0.25, 0.3) is 5.91 Å². The summed E-state index contributed by atoms with van der Waals surface area (Å²) in [4.78, 5) is 26.5. The first kappa shape index (κ1) is 15.6. The van der Waals surface area contributed by atoms with E-state index in [-0.39, 0.29) is 17.9 Å². The summed E-state index contributed by atoms with van der Waals surface area (Å²) >= 11 is 0. The van der Waals surface area contributed by atoms with E-state index < -0.39 is 0 Å². The molecule has 1 aliphatic rings. The van der Waals surface area contributed by atoms with E-state index in [1.54, 1.807) is 12.4 Å². The van der Waals surface area contributed by atoms with Crippen molar-refractivity contribution in [1.82, 2.24) is 29.6 Å². The first-order valence-electron chi connectivity index (χ1n) is 8.45. The number of H-pyrrole nitrogens is 1. The van der Waals surface area contributed by atoms with Crippen molar-refractivity contribution < 1.29 is 4.79 Å². The fourth-order valence-electron chi connectivity index (χ4n) is 3.33. The van der Waals surface area contributed by atoms with Gasteiger partial charge in [0, 0.05) is 24.5 Å². The number of imidazole rings is 1. The first-order valence-corrected chi connectivity index (χ1v) is 8.45. The molecule has 0 spiro atoms. The molecule has 3 heterocycles. The highest BCUT2D eigenvalue weighted by Crippen LogP contribution is 2.32. The summed E-state index contributed by atoms with van der Waals surface area (Å²) < 4.78 is 1.93. The van der Waals surface area contributed by atoms with Gasteiger partial charge in [0.15, 0.2) is 17.5 Å². The lowest BCUT2D eigenvalue weighted by atomic mass is 9.99. The van der Waals surface area contributed by atoms with Crippen LogP contribution in [0.5, 0.6) is 0 Å². The largest absolute Gasteiger partial charge is 0.341 e. The molecule has 7 heteroatoms. The zero-order chi connectivity index (χ0) is 17.4. The van der Waals surface area contributed by atoms with Gasteiger partial charge >= 0.3 is 0 Å². The highest BCUT2D eigenvalue weighted by molar-refractivity contribution is 5.90. The summed E-state index contributed by atoms with van der Waals surface area (Å²) in [5.41, 5.74) is 0.982. The van der Waals surface area contributed by atoms with E-state index in [0.717, 1.165) is 11.4 Å². The predicted octanol–water partition coefficient (Wildman–Crippen LogP) is 2.52. The predicted molar refractivity (Wildman–Crippen MR) is 92.7 cm³/mol. The molecule has 0 unspecified atom stereocenters. The number of aromatic amines is 1. The number of nitrogens with zero attached hydrogens (tertiary/aromatic N) is 5. The van der Waals surface area contributed by atoms with Gasteiger partial charge in [0.2, 0.25) is 0 Å². The van der Waals surface area contributed by atoms with Gasteiger partial charge in [-0.2, -0.15) is 5.10 Å². The summed E-state index contributed by atoms with van der Waals surface area (Å²) in [6, 6.07) is 9.79. The third kappa shape index (κ3) is 2.71. The maximum absolute atomic E-state index is 12.8. The number of hydrogen-bond acceptors (Lipinski definition) is 4. The van der Waals surface area contributed by atoms with Gasteiger partial charge in [-0.3, -0.25) is 4.79 Å². The molecule has 1 aromatic carbocycles. The Labute approximate surface area is 145 Å². The molecule has 0 radical (unpaired) electrons. The Morgan fingerprint density at radius 1 is 1.24 bits per heavy atom. The summed E-state index contributed by atoms with van der Waals surface area (Å²) in [5, 5.41) is 4.65. The minimum atomic E-state index is -0.128. The molecular weight excluding hydrogens is 316 g/mol. The van der Waals surface area contributed by atoms with E-state index in [1.165, 1.54) is 0 Å². The van der Waals surface area contributed by atoms with Crippen molar-refractivity contribution in [3.8, 4) is 11.4 Å². The van der Waals surface area contributed by atoms with Crippen LogP contribution in [0.4, 0.5) is 0 Å². The Kier molecular flexibility index (Phi) is 3.83. The van der Waals surface area contributed by atoms with Crippen molar-refractivity contribution in [2.75, 3.05) is 6.54 Å². The molecule has 1 N–H and O–H groups in total. The fraction of sp³-hybridized carbons (Fsp3) is 0.333. The minimum absolute atomic E-state index is 0.0980. The Bertz CT molecular complexity index is 868. The van der Waals surface area contributed by atoms with Gasteiger partial charge in [0.05, 0.1) is 12.6 Å². The molecule has 1 aliphatic heterocycles. The number of aromatic nitrogens is 5. The second kappa shape index (κ2) is 6.16. The summed E-state index contributed by atoms with van der Waals surface area (Å²) in [6.07, 6.45) is 3.26. The quantitative estimate of drug-likeness (QED) is 0.797. The molecule has 0 fully saturated rings. The Hall–Kier alpha value is -2.96. The van der Waals surface area contributed by atoms with Crippen LogP contribution in [0.25, 0.3) is 11.4 Å². The molecule has 3 aromatic rings. The molecule has 0 aliphatic carbocycles. The zero-order valence-electron chi connectivity index (χ0n) is 14.3. The van der Waals surface area contributed by atoms with Crippen molar-refractivity contribution in [3.63, 3.8) is 0 Å². The molecule has 7 nitrogen and oxygen atoms in total. The highest BCUT2D eigenvalue weighted by Gasteiger charge is 2.37. The van der Waals surface area contributed by atoms with Crippen LogP contribution in [0.1, 0.15) is 36.3 Å². The normalized spacial score (nSPS) is 16.9. The summed E-state index contributed by atoms with van der Waals surface area (Å²) in [5.74, 6) is 2.01. The van der Waals surface area contributed by atoms with Gasteiger partial charge in [-0.25, -0.2) is 14.6 Å². The lowest BCUT2D eigenvalue weighted by molar-refractivity contribution is 0.0525. The standard InChI is InChI=1S/C18H20N6O/c1-12(2)14-17-21-15(13-6-4-3-5-7-13)22-24(17)11-10-23(14)18(25)16-19-8-9-20-16/h3-9,12,14H,10-11H2,1-2H3,(H,19,20)/t14-/m0/s1. The maximum atomic E-state index is 12.8. The van der Waals surface area contributed by atoms with Crippen LogP contribution in [-0.4, -0.2) is 42.1 Å². The molecular formula is C18H20N6O. The second-order valence-electron chi connectivity index (χ2n) is 6.51. The van der Waals surface area contributed by atoms with E-state index in [2.05, 4.69) is 28.9 Å². The minimum Gasteiger partial charge on any atom is -0.341 e. The molecule has 1 atom stereocenters. The SMILES string of the molecule is CC(C)[C@H]1c2nc(-c3ccccc3)nn2CCN1C(=O)c1ncc[nH]1. The molecule has 0 bridgehead atoms. The third-order valence-corrected chi connectivity index (χ3v) is 4.48. The van der Waals surface area contributed by atoms with Gasteiger partial charge in [-0.15, -0.1) is 0 Å². The van der Waals surface area contributed by atoms with Crippen LogP contribution in [0.2, 0.25) is 0 Å². The zero-order valence-corrected chi connectivity index (χ0v) is 14.3. The van der Waals surface area contributed by atoms with E-state index in [4.69, 9.17) is 4.98 Å². The Morgan fingerprint density at radius 3 is 2.72 bits per heavy atom. The van der Waals surface area contributed by atoms with Crippen LogP contribution in [-0.2, 0) is 6.54 Å². The first-order chi connectivity index (χ1) is 12.1. The molecule has 128 valence electrons. The van der Waals surface area contributed by atoms with Crippen molar-refractivity contribution in [1.29, 1.82) is 0 Å². The average Bonchev–Trinajstić information content (AvgIpc) is 3.30. The maximum Gasteiger partial charge on any atom is 0.290 e. The Balaban J connectivity index is 1.72. The third-order valence-electron chi connectivity index (χ3n) is 4.48. The van der Waals surface area contributed by atoms with Crippen LogP contribution in [0.15, 0.2) is 42.7 Å². The lowest BCUT2D eigenvalue weighted by Gasteiger charge is -2.36. The summed E-state index contributed by atoms with van der Waals surface area (Å²) in [7, 11) is 0. The van der Waals surface area contributed by atoms with Crippen molar-refractivity contribution in [2.24, 2.45) is 5.92 Å². The number of fused-ring (bicyclic) bond motifs is 1. The Morgan fingerprint density at radius 2 is 2.04 bits per heavy atom. The van der Waals surface area contributed by atoms with E-state index in [9.17, 15) is 4.79 Å². The van der Waals surface area contributed by atoms with E-state index in [1.807, 2.05) is 39.9 Å². The molecule has 0 saturated carbocycles. The van der Waals surface area contributed by atoms with Crippen molar-refractivity contribution in [3.05, 3.63) is 54.4 Å². The number of nitrogens with one attached hydrogen (secondary N) is 1. The highest BCUT2D eigenvalue weighted by atomic mass is 16.2.